The summed E-state index contributed by atoms with van der Waals surface area (Å²) >= 11 is 0. The second-order valence-electron chi connectivity index (χ2n) is 5.29. The van der Waals surface area contributed by atoms with Crippen LogP contribution in [0.2, 0.25) is 0 Å². The van der Waals surface area contributed by atoms with Gasteiger partial charge < -0.3 is 10.2 Å². The summed E-state index contributed by atoms with van der Waals surface area (Å²) in [5.74, 6) is 0.650. The smallest absolute Gasteiger partial charge is 0.193 e. The molecule has 0 bridgehead atoms. The molecule has 22 heavy (non-hydrogen) atoms. The van der Waals surface area contributed by atoms with E-state index in [1.165, 1.54) is 6.07 Å². The first-order chi connectivity index (χ1) is 10.7. The van der Waals surface area contributed by atoms with Gasteiger partial charge in [0.15, 0.2) is 5.96 Å². The van der Waals surface area contributed by atoms with Gasteiger partial charge in [-0.1, -0.05) is 48.5 Å². The average Bonchev–Trinajstić information content (AvgIpc) is 2.53. The standard InChI is InChI=1S/C18H22FN3/c1-22(2)18(21-14-15-8-4-3-5-9-15)20-13-12-16-10-6-7-11-17(16)19/h3-11H,12-14H2,1-2H3,(H,20,21). The Morgan fingerprint density at radius 1 is 1.05 bits per heavy atom. The second-order valence-corrected chi connectivity index (χ2v) is 5.29. The molecule has 0 aromatic heterocycles. The fourth-order valence-electron chi connectivity index (χ4n) is 2.12. The molecule has 0 amide bonds. The molecule has 2 rings (SSSR count). The minimum Gasteiger partial charge on any atom is -0.356 e. The molecule has 116 valence electrons. The molecule has 0 spiro atoms. The monoisotopic (exact) mass is 299 g/mol. The molecule has 3 nitrogen and oxygen atoms in total. The molecule has 4 heteroatoms. The van der Waals surface area contributed by atoms with Crippen LogP contribution in [0.5, 0.6) is 0 Å². The Balaban J connectivity index is 1.90. The number of halogens is 1. The van der Waals surface area contributed by atoms with E-state index in [0.29, 0.717) is 19.5 Å². The molecule has 0 saturated carbocycles. The molecule has 0 aliphatic carbocycles. The number of hydrogen-bond donors (Lipinski definition) is 1. The molecule has 2 aromatic rings. The van der Waals surface area contributed by atoms with Crippen LogP contribution in [0.3, 0.4) is 0 Å². The minimum atomic E-state index is -0.156. The van der Waals surface area contributed by atoms with Crippen molar-refractivity contribution in [1.29, 1.82) is 0 Å². The maximum atomic E-state index is 13.6. The van der Waals surface area contributed by atoms with E-state index in [4.69, 9.17) is 0 Å². The number of nitrogens with zero attached hydrogens (tertiary/aromatic N) is 2. The number of benzene rings is 2. The third kappa shape index (κ3) is 4.88. The number of guanidine groups is 1. The van der Waals surface area contributed by atoms with E-state index in [1.54, 1.807) is 6.07 Å². The number of rotatable bonds is 5. The summed E-state index contributed by atoms with van der Waals surface area (Å²) in [7, 11) is 3.89. The molecule has 1 N–H and O–H groups in total. The molecule has 0 aliphatic rings. The van der Waals surface area contributed by atoms with Crippen molar-refractivity contribution in [3.8, 4) is 0 Å². The lowest BCUT2D eigenvalue weighted by Gasteiger charge is -2.17. The number of aliphatic imine (C=N–C) groups is 1. The van der Waals surface area contributed by atoms with Crippen LogP contribution in [-0.4, -0.2) is 31.5 Å². The molecular weight excluding hydrogens is 277 g/mol. The Morgan fingerprint density at radius 3 is 2.41 bits per heavy atom. The number of hydrogen-bond acceptors (Lipinski definition) is 1. The van der Waals surface area contributed by atoms with E-state index in [2.05, 4.69) is 22.4 Å². The zero-order valence-corrected chi connectivity index (χ0v) is 13.1. The zero-order valence-electron chi connectivity index (χ0n) is 13.1. The van der Waals surface area contributed by atoms with Crippen molar-refractivity contribution in [2.24, 2.45) is 4.99 Å². The van der Waals surface area contributed by atoms with Crippen LogP contribution in [0.4, 0.5) is 4.39 Å². The highest BCUT2D eigenvalue weighted by Gasteiger charge is 2.04. The van der Waals surface area contributed by atoms with E-state index < -0.39 is 0 Å². The molecule has 0 fully saturated rings. The lowest BCUT2D eigenvalue weighted by atomic mass is 10.1. The van der Waals surface area contributed by atoms with Crippen molar-refractivity contribution in [2.75, 3.05) is 20.6 Å². The van der Waals surface area contributed by atoms with Gasteiger partial charge in [0.05, 0.1) is 6.54 Å². The molecule has 0 atom stereocenters. The van der Waals surface area contributed by atoms with Crippen molar-refractivity contribution >= 4 is 5.96 Å². The molecule has 0 radical (unpaired) electrons. The summed E-state index contributed by atoms with van der Waals surface area (Å²) in [6, 6.07) is 17.0. The van der Waals surface area contributed by atoms with Gasteiger partial charge in [-0.2, -0.15) is 0 Å². The van der Waals surface area contributed by atoms with Crippen LogP contribution in [0.25, 0.3) is 0 Å². The van der Waals surface area contributed by atoms with E-state index in [1.807, 2.05) is 49.3 Å². The Kier molecular flexibility index (Phi) is 5.95. The topological polar surface area (TPSA) is 27.6 Å². The van der Waals surface area contributed by atoms with E-state index in [9.17, 15) is 4.39 Å². The third-order valence-corrected chi connectivity index (χ3v) is 3.31. The van der Waals surface area contributed by atoms with Crippen LogP contribution in [0.1, 0.15) is 11.1 Å². The largest absolute Gasteiger partial charge is 0.356 e. The molecule has 2 aromatic carbocycles. The van der Waals surface area contributed by atoms with Gasteiger partial charge in [-0.05, 0) is 23.6 Å². The van der Waals surface area contributed by atoms with Crippen molar-refractivity contribution in [1.82, 2.24) is 10.2 Å². The second kappa shape index (κ2) is 8.17. The van der Waals surface area contributed by atoms with E-state index in [-0.39, 0.29) is 5.82 Å². The Bertz CT molecular complexity index is 609. The molecular formula is C18H22FN3. The first-order valence-electron chi connectivity index (χ1n) is 7.40. The summed E-state index contributed by atoms with van der Waals surface area (Å²) in [5, 5.41) is 3.27. The van der Waals surface area contributed by atoms with Crippen LogP contribution < -0.4 is 5.32 Å². The van der Waals surface area contributed by atoms with E-state index in [0.717, 1.165) is 17.1 Å². The quantitative estimate of drug-likeness (QED) is 0.679. The summed E-state index contributed by atoms with van der Waals surface area (Å²) in [5.41, 5.74) is 1.88. The highest BCUT2D eigenvalue weighted by molar-refractivity contribution is 5.79. The first-order valence-corrected chi connectivity index (χ1v) is 7.40. The number of nitrogens with one attached hydrogen (secondary N) is 1. The van der Waals surface area contributed by atoms with Crippen molar-refractivity contribution in [2.45, 2.75) is 13.0 Å². The highest BCUT2D eigenvalue weighted by Crippen LogP contribution is 2.06. The fraction of sp³-hybridized carbons (Fsp3) is 0.278. The average molecular weight is 299 g/mol. The highest BCUT2D eigenvalue weighted by atomic mass is 19.1. The normalized spacial score (nSPS) is 11.3. The predicted molar refractivity (Wildman–Crippen MR) is 89.4 cm³/mol. The van der Waals surface area contributed by atoms with Gasteiger partial charge in [0.25, 0.3) is 0 Å². The molecule has 0 unspecified atom stereocenters. The summed E-state index contributed by atoms with van der Waals surface area (Å²) in [6.45, 7) is 1.27. The maximum absolute atomic E-state index is 13.6. The lowest BCUT2D eigenvalue weighted by molar-refractivity contribution is 0.573. The van der Waals surface area contributed by atoms with Crippen LogP contribution in [0, 0.1) is 5.82 Å². The SMILES string of the molecule is CN(C)C(=NCc1ccccc1)NCCc1ccccc1F. The van der Waals surface area contributed by atoms with Gasteiger partial charge in [0.2, 0.25) is 0 Å². The van der Waals surface area contributed by atoms with Crippen molar-refractivity contribution in [3.05, 3.63) is 71.5 Å². The Hall–Kier alpha value is -2.36. The van der Waals surface area contributed by atoms with E-state index >= 15 is 0 Å². The molecule has 0 heterocycles. The van der Waals surface area contributed by atoms with Crippen LogP contribution >= 0.6 is 0 Å². The van der Waals surface area contributed by atoms with Gasteiger partial charge in [-0.3, -0.25) is 0 Å². The van der Waals surface area contributed by atoms with Gasteiger partial charge in [-0.25, -0.2) is 9.38 Å². The molecule has 0 saturated heterocycles. The minimum absolute atomic E-state index is 0.156. The molecule has 0 aliphatic heterocycles. The van der Waals surface area contributed by atoms with Crippen molar-refractivity contribution < 1.29 is 4.39 Å². The third-order valence-electron chi connectivity index (χ3n) is 3.31. The van der Waals surface area contributed by atoms with Crippen LogP contribution in [-0.2, 0) is 13.0 Å². The van der Waals surface area contributed by atoms with Gasteiger partial charge >= 0.3 is 0 Å². The maximum Gasteiger partial charge on any atom is 0.193 e. The predicted octanol–water partition coefficient (Wildman–Crippen LogP) is 3.08. The Labute approximate surface area is 131 Å². The van der Waals surface area contributed by atoms with Crippen LogP contribution in [0.15, 0.2) is 59.6 Å². The Morgan fingerprint density at radius 2 is 1.73 bits per heavy atom. The van der Waals surface area contributed by atoms with Gasteiger partial charge in [0, 0.05) is 20.6 Å². The summed E-state index contributed by atoms with van der Waals surface area (Å²) in [4.78, 5) is 6.52. The zero-order chi connectivity index (χ0) is 15.8. The summed E-state index contributed by atoms with van der Waals surface area (Å²) in [6.07, 6.45) is 0.630. The lowest BCUT2D eigenvalue weighted by Crippen LogP contribution is -2.37. The van der Waals surface area contributed by atoms with Gasteiger partial charge in [-0.15, -0.1) is 0 Å². The summed E-state index contributed by atoms with van der Waals surface area (Å²) < 4.78 is 13.6. The fourth-order valence-corrected chi connectivity index (χ4v) is 2.12. The van der Waals surface area contributed by atoms with Crippen molar-refractivity contribution in [3.63, 3.8) is 0 Å². The van der Waals surface area contributed by atoms with Gasteiger partial charge in [0.1, 0.15) is 5.82 Å². The first kappa shape index (κ1) is 16.0.